The quantitative estimate of drug-likeness (QED) is 0.370. The lowest BCUT2D eigenvalue weighted by molar-refractivity contribution is 0.200. The first-order chi connectivity index (χ1) is 17.0. The second kappa shape index (κ2) is 10.2. The molecule has 182 valence electrons. The van der Waals surface area contributed by atoms with Crippen LogP contribution >= 0.6 is 0 Å². The predicted molar refractivity (Wildman–Crippen MR) is 136 cm³/mol. The highest BCUT2D eigenvalue weighted by atomic mass is 32.2. The normalized spacial score (nSPS) is 15.5. The van der Waals surface area contributed by atoms with Gasteiger partial charge in [0.1, 0.15) is 5.82 Å². The van der Waals surface area contributed by atoms with Gasteiger partial charge in [0.15, 0.2) is 9.84 Å². The lowest BCUT2D eigenvalue weighted by Crippen LogP contribution is -2.33. The van der Waals surface area contributed by atoms with Crippen molar-refractivity contribution in [1.29, 1.82) is 0 Å². The van der Waals surface area contributed by atoms with Crippen LogP contribution in [-0.4, -0.2) is 51.3 Å². The SMILES string of the molecule is Cc1ccc(S(=O)(=O)CCn2ccnc2C2CCN(Cc3ccc(-n4ccnc4)cc3)CC2)cc1. The number of hydrogen-bond donors (Lipinski definition) is 0. The lowest BCUT2D eigenvalue weighted by atomic mass is 9.95. The summed E-state index contributed by atoms with van der Waals surface area (Å²) < 4.78 is 29.6. The number of aryl methyl sites for hydroxylation is 2. The van der Waals surface area contributed by atoms with Crippen LogP contribution in [-0.2, 0) is 22.9 Å². The van der Waals surface area contributed by atoms with Crippen LogP contribution in [0.2, 0.25) is 0 Å². The fourth-order valence-corrected chi connectivity index (χ4v) is 5.97. The molecule has 4 aromatic rings. The summed E-state index contributed by atoms with van der Waals surface area (Å²) in [7, 11) is -3.32. The topological polar surface area (TPSA) is 73.0 Å². The molecule has 0 saturated carbocycles. The van der Waals surface area contributed by atoms with Gasteiger partial charge in [0.2, 0.25) is 0 Å². The van der Waals surface area contributed by atoms with Gasteiger partial charge < -0.3 is 9.13 Å². The zero-order valence-corrected chi connectivity index (χ0v) is 20.8. The molecule has 0 radical (unpaired) electrons. The molecule has 1 aliphatic heterocycles. The number of rotatable bonds is 8. The van der Waals surface area contributed by atoms with E-state index in [9.17, 15) is 8.42 Å². The number of sulfone groups is 1. The predicted octanol–water partition coefficient (Wildman–Crippen LogP) is 4.23. The van der Waals surface area contributed by atoms with Gasteiger partial charge in [-0.1, -0.05) is 29.8 Å². The van der Waals surface area contributed by atoms with Crippen molar-refractivity contribution in [2.45, 2.75) is 43.7 Å². The van der Waals surface area contributed by atoms with Crippen LogP contribution in [0.4, 0.5) is 0 Å². The summed E-state index contributed by atoms with van der Waals surface area (Å²) in [5.41, 5.74) is 3.47. The maximum Gasteiger partial charge on any atom is 0.180 e. The maximum absolute atomic E-state index is 12.8. The van der Waals surface area contributed by atoms with Gasteiger partial charge in [-0.15, -0.1) is 0 Å². The van der Waals surface area contributed by atoms with Crippen molar-refractivity contribution in [3.05, 3.63) is 96.6 Å². The molecule has 1 saturated heterocycles. The summed E-state index contributed by atoms with van der Waals surface area (Å²) in [6.07, 6.45) is 11.3. The number of aromatic nitrogens is 4. The molecule has 0 bridgehead atoms. The molecule has 0 spiro atoms. The third-order valence-corrected chi connectivity index (χ3v) is 8.54. The average molecular weight is 490 g/mol. The van der Waals surface area contributed by atoms with E-state index in [0.29, 0.717) is 17.4 Å². The van der Waals surface area contributed by atoms with Crippen molar-refractivity contribution < 1.29 is 8.42 Å². The number of piperidine rings is 1. The summed E-state index contributed by atoms with van der Waals surface area (Å²) in [5, 5.41) is 0. The molecule has 0 unspecified atom stereocenters. The molecule has 35 heavy (non-hydrogen) atoms. The molecule has 5 rings (SSSR count). The van der Waals surface area contributed by atoms with Crippen LogP contribution in [0.3, 0.4) is 0 Å². The number of imidazole rings is 2. The van der Waals surface area contributed by atoms with Crippen LogP contribution in [0.25, 0.3) is 5.69 Å². The minimum Gasteiger partial charge on any atom is -0.334 e. The summed E-state index contributed by atoms with van der Waals surface area (Å²) in [6.45, 7) is 5.32. The highest BCUT2D eigenvalue weighted by Gasteiger charge is 2.24. The summed E-state index contributed by atoms with van der Waals surface area (Å²) in [6, 6.07) is 15.7. The highest BCUT2D eigenvalue weighted by Crippen LogP contribution is 2.28. The first-order valence-electron chi connectivity index (χ1n) is 12.1. The van der Waals surface area contributed by atoms with Gasteiger partial charge in [0.25, 0.3) is 0 Å². The minimum absolute atomic E-state index is 0.0767. The van der Waals surface area contributed by atoms with Gasteiger partial charge in [-0.3, -0.25) is 4.90 Å². The van der Waals surface area contributed by atoms with Crippen molar-refractivity contribution in [2.75, 3.05) is 18.8 Å². The third-order valence-electron chi connectivity index (χ3n) is 6.83. The number of benzene rings is 2. The second-order valence-corrected chi connectivity index (χ2v) is 11.4. The summed E-state index contributed by atoms with van der Waals surface area (Å²) >= 11 is 0. The fourth-order valence-electron chi connectivity index (χ4n) is 4.74. The molecule has 7 nitrogen and oxygen atoms in total. The molecule has 0 amide bonds. The zero-order chi connectivity index (χ0) is 24.3. The summed E-state index contributed by atoms with van der Waals surface area (Å²) in [5.74, 6) is 1.44. The molecule has 2 aromatic heterocycles. The largest absolute Gasteiger partial charge is 0.334 e. The van der Waals surface area contributed by atoms with Crippen molar-refractivity contribution in [3.8, 4) is 5.69 Å². The van der Waals surface area contributed by atoms with Crippen LogP contribution < -0.4 is 0 Å². The molecule has 8 heteroatoms. The Morgan fingerprint density at radius 1 is 0.943 bits per heavy atom. The van der Waals surface area contributed by atoms with E-state index in [1.54, 1.807) is 24.5 Å². The molecule has 1 aliphatic rings. The fraction of sp³-hybridized carbons (Fsp3) is 0.333. The molecule has 0 aliphatic carbocycles. The maximum atomic E-state index is 12.8. The van der Waals surface area contributed by atoms with E-state index in [1.165, 1.54) is 5.56 Å². The third kappa shape index (κ3) is 5.55. The van der Waals surface area contributed by atoms with Crippen molar-refractivity contribution in [3.63, 3.8) is 0 Å². The van der Waals surface area contributed by atoms with E-state index in [-0.39, 0.29) is 5.75 Å². The van der Waals surface area contributed by atoms with Gasteiger partial charge in [-0.25, -0.2) is 18.4 Å². The highest BCUT2D eigenvalue weighted by molar-refractivity contribution is 7.91. The first kappa shape index (κ1) is 23.5. The Morgan fingerprint density at radius 2 is 1.69 bits per heavy atom. The molecule has 3 heterocycles. The molecule has 1 fully saturated rings. The Kier molecular flexibility index (Phi) is 6.83. The second-order valence-electron chi connectivity index (χ2n) is 9.30. The Morgan fingerprint density at radius 3 is 2.37 bits per heavy atom. The van der Waals surface area contributed by atoms with Crippen LogP contribution in [0.15, 0.2) is 84.5 Å². The number of likely N-dealkylation sites (tertiary alicyclic amines) is 1. The Bertz CT molecular complexity index is 1340. The molecular weight excluding hydrogens is 458 g/mol. The van der Waals surface area contributed by atoms with E-state index >= 15 is 0 Å². The van der Waals surface area contributed by atoms with E-state index < -0.39 is 9.84 Å². The number of hydrogen-bond acceptors (Lipinski definition) is 5. The Hall–Kier alpha value is -3.23. The molecular formula is C27H31N5O2S. The van der Waals surface area contributed by atoms with Crippen molar-refractivity contribution >= 4 is 9.84 Å². The van der Waals surface area contributed by atoms with E-state index in [1.807, 2.05) is 46.9 Å². The smallest absolute Gasteiger partial charge is 0.180 e. The summed E-state index contributed by atoms with van der Waals surface area (Å²) in [4.78, 5) is 11.6. The zero-order valence-electron chi connectivity index (χ0n) is 20.0. The molecule has 2 aromatic carbocycles. The first-order valence-corrected chi connectivity index (χ1v) is 13.7. The molecule has 0 atom stereocenters. The van der Waals surface area contributed by atoms with E-state index in [4.69, 9.17) is 0 Å². The van der Waals surface area contributed by atoms with Crippen molar-refractivity contribution in [2.24, 2.45) is 0 Å². The van der Waals surface area contributed by atoms with Gasteiger partial charge in [0.05, 0.1) is 17.0 Å². The van der Waals surface area contributed by atoms with E-state index in [2.05, 4.69) is 39.1 Å². The standard InChI is InChI=1S/C27H31N5O2S/c1-22-2-8-26(9-3-22)35(33,34)19-18-31-17-13-29-27(31)24-10-14-30(15-11-24)20-23-4-6-25(7-5-23)32-16-12-28-21-32/h2-9,12-13,16-17,21,24H,10-11,14-15,18-20H2,1H3. The van der Waals surface area contributed by atoms with Gasteiger partial charge >= 0.3 is 0 Å². The van der Waals surface area contributed by atoms with Crippen molar-refractivity contribution in [1.82, 2.24) is 24.0 Å². The number of nitrogens with zero attached hydrogens (tertiary/aromatic N) is 5. The molecule has 0 N–H and O–H groups in total. The van der Waals surface area contributed by atoms with Crippen LogP contribution in [0, 0.1) is 6.92 Å². The lowest BCUT2D eigenvalue weighted by Gasteiger charge is -2.32. The van der Waals surface area contributed by atoms with Crippen LogP contribution in [0.1, 0.15) is 35.7 Å². The Labute approximate surface area is 207 Å². The minimum atomic E-state index is -3.32. The van der Waals surface area contributed by atoms with Gasteiger partial charge in [-0.05, 0) is 62.7 Å². The van der Waals surface area contributed by atoms with E-state index in [0.717, 1.165) is 49.6 Å². The Balaban J connectivity index is 1.15. The average Bonchev–Trinajstić information content (AvgIpc) is 3.57. The van der Waals surface area contributed by atoms with Crippen LogP contribution in [0.5, 0.6) is 0 Å². The van der Waals surface area contributed by atoms with Gasteiger partial charge in [-0.2, -0.15) is 0 Å². The van der Waals surface area contributed by atoms with Gasteiger partial charge in [0, 0.05) is 49.5 Å². The monoisotopic (exact) mass is 489 g/mol.